The molecule has 3 aromatic rings. The summed E-state index contributed by atoms with van der Waals surface area (Å²) in [5.74, 6) is 2.36. The van der Waals surface area contributed by atoms with Crippen molar-refractivity contribution in [1.29, 1.82) is 0 Å². The van der Waals surface area contributed by atoms with Gasteiger partial charge in [-0.1, -0.05) is 13.8 Å². The van der Waals surface area contributed by atoms with Crippen molar-refractivity contribution in [2.75, 3.05) is 26.2 Å². The first-order valence-electron chi connectivity index (χ1n) is 9.95. The Morgan fingerprint density at radius 3 is 2.70 bits per heavy atom. The van der Waals surface area contributed by atoms with Crippen LogP contribution in [0.2, 0.25) is 0 Å². The Morgan fingerprint density at radius 2 is 1.89 bits per heavy atom. The highest BCUT2D eigenvalue weighted by Crippen LogP contribution is 2.33. The fourth-order valence-corrected chi connectivity index (χ4v) is 4.65. The Hall–Kier alpha value is -2.57. The van der Waals surface area contributed by atoms with Crippen LogP contribution in [0.25, 0.3) is 16.7 Å². The molecule has 3 atom stereocenters. The van der Waals surface area contributed by atoms with E-state index in [-0.39, 0.29) is 11.9 Å². The number of likely N-dealkylation sites (tertiary alicyclic amines) is 2. The van der Waals surface area contributed by atoms with Gasteiger partial charge in [-0.15, -0.1) is 0 Å². The van der Waals surface area contributed by atoms with Gasteiger partial charge in [0, 0.05) is 38.3 Å². The number of aromatic amines is 1. The molecule has 0 saturated carbocycles. The summed E-state index contributed by atoms with van der Waals surface area (Å²) in [7, 11) is 0. The van der Waals surface area contributed by atoms with E-state index >= 15 is 0 Å². The van der Waals surface area contributed by atoms with Crippen molar-refractivity contribution in [1.82, 2.24) is 29.2 Å². The van der Waals surface area contributed by atoms with Crippen molar-refractivity contribution in [2.24, 2.45) is 11.8 Å². The quantitative estimate of drug-likeness (QED) is 0.719. The maximum atomic E-state index is 13.0. The van der Waals surface area contributed by atoms with E-state index in [4.69, 9.17) is 4.98 Å². The minimum absolute atomic E-state index is 0.200. The lowest BCUT2D eigenvalue weighted by atomic mass is 9.86. The Bertz CT molecular complexity index is 991. The van der Waals surface area contributed by atoms with Gasteiger partial charge in [0.2, 0.25) is 0 Å². The SMILES string of the molecule is CC1CCN(C(=O)N2CCC(C)C(c3ncc4cnc5[nH]ccc5n34)C2)C1. The second kappa shape index (κ2) is 6.25. The Labute approximate surface area is 158 Å². The van der Waals surface area contributed by atoms with Crippen LogP contribution in [0.15, 0.2) is 24.7 Å². The van der Waals surface area contributed by atoms with E-state index in [2.05, 4.69) is 28.2 Å². The molecule has 3 aromatic heterocycles. The van der Waals surface area contributed by atoms with Gasteiger partial charge in [0.25, 0.3) is 0 Å². The molecule has 7 nitrogen and oxygen atoms in total. The Balaban J connectivity index is 1.48. The molecule has 2 aliphatic heterocycles. The third-order valence-corrected chi connectivity index (χ3v) is 6.34. The van der Waals surface area contributed by atoms with Gasteiger partial charge in [0.1, 0.15) is 5.82 Å². The molecule has 2 fully saturated rings. The van der Waals surface area contributed by atoms with E-state index in [1.807, 2.05) is 34.5 Å². The van der Waals surface area contributed by atoms with Crippen molar-refractivity contribution in [3.05, 3.63) is 30.5 Å². The first-order valence-corrected chi connectivity index (χ1v) is 9.95. The first kappa shape index (κ1) is 16.6. The van der Waals surface area contributed by atoms with E-state index < -0.39 is 0 Å². The van der Waals surface area contributed by atoms with Crippen molar-refractivity contribution in [3.63, 3.8) is 0 Å². The molecule has 0 aromatic carbocycles. The fraction of sp³-hybridized carbons (Fsp3) is 0.550. The summed E-state index contributed by atoms with van der Waals surface area (Å²) in [5, 5.41) is 0. The topological polar surface area (TPSA) is 69.5 Å². The largest absolute Gasteiger partial charge is 0.345 e. The van der Waals surface area contributed by atoms with Gasteiger partial charge in [-0.3, -0.25) is 4.40 Å². The van der Waals surface area contributed by atoms with Crippen LogP contribution in [0.5, 0.6) is 0 Å². The predicted molar refractivity (Wildman–Crippen MR) is 104 cm³/mol. The van der Waals surface area contributed by atoms with E-state index in [9.17, 15) is 4.79 Å². The third kappa shape index (κ3) is 2.67. The van der Waals surface area contributed by atoms with E-state index in [1.54, 1.807) is 0 Å². The summed E-state index contributed by atoms with van der Waals surface area (Å²) in [5.41, 5.74) is 2.91. The zero-order chi connectivity index (χ0) is 18.5. The van der Waals surface area contributed by atoms with E-state index in [1.165, 1.54) is 0 Å². The maximum Gasteiger partial charge on any atom is 0.320 e. The maximum absolute atomic E-state index is 13.0. The van der Waals surface area contributed by atoms with Crippen LogP contribution < -0.4 is 0 Å². The molecular formula is C20H26N6O. The predicted octanol–water partition coefficient (Wildman–Crippen LogP) is 3.10. The van der Waals surface area contributed by atoms with Gasteiger partial charge >= 0.3 is 6.03 Å². The lowest BCUT2D eigenvalue weighted by molar-refractivity contribution is 0.131. The zero-order valence-electron chi connectivity index (χ0n) is 15.9. The average Bonchev–Trinajstić information content (AvgIpc) is 3.39. The summed E-state index contributed by atoms with van der Waals surface area (Å²) in [4.78, 5) is 29.5. The van der Waals surface area contributed by atoms with Crippen LogP contribution in [0.3, 0.4) is 0 Å². The highest BCUT2D eigenvalue weighted by Gasteiger charge is 2.35. The molecule has 0 bridgehead atoms. The second-order valence-corrected chi connectivity index (χ2v) is 8.29. The van der Waals surface area contributed by atoms with Crippen LogP contribution in [0.4, 0.5) is 4.79 Å². The summed E-state index contributed by atoms with van der Waals surface area (Å²) in [6, 6.07) is 2.24. The smallest absolute Gasteiger partial charge is 0.320 e. The number of H-pyrrole nitrogens is 1. The number of fused-ring (bicyclic) bond motifs is 3. The van der Waals surface area contributed by atoms with Gasteiger partial charge in [-0.05, 0) is 30.7 Å². The van der Waals surface area contributed by atoms with Gasteiger partial charge in [0.05, 0.1) is 23.4 Å². The lowest BCUT2D eigenvalue weighted by Crippen LogP contribution is -2.48. The van der Waals surface area contributed by atoms with Crippen LogP contribution >= 0.6 is 0 Å². The summed E-state index contributed by atoms with van der Waals surface area (Å²) in [6.07, 6.45) is 7.79. The number of imidazole rings is 1. The molecule has 0 radical (unpaired) electrons. The van der Waals surface area contributed by atoms with Gasteiger partial charge in [-0.25, -0.2) is 14.8 Å². The van der Waals surface area contributed by atoms with Gasteiger partial charge < -0.3 is 14.8 Å². The molecule has 1 N–H and O–H groups in total. The molecule has 7 heteroatoms. The normalized spacial score (nSPS) is 26.4. The monoisotopic (exact) mass is 366 g/mol. The zero-order valence-corrected chi connectivity index (χ0v) is 15.9. The summed E-state index contributed by atoms with van der Waals surface area (Å²) in [6.45, 7) is 7.85. The average molecular weight is 366 g/mol. The number of carbonyl (C=O) groups excluding carboxylic acids is 1. The number of aromatic nitrogens is 4. The summed E-state index contributed by atoms with van der Waals surface area (Å²) >= 11 is 0. The molecule has 0 spiro atoms. The molecule has 2 amide bonds. The molecule has 2 aliphatic rings. The number of amides is 2. The number of hydrogen-bond acceptors (Lipinski definition) is 3. The summed E-state index contributed by atoms with van der Waals surface area (Å²) < 4.78 is 2.20. The Kier molecular flexibility index (Phi) is 3.84. The van der Waals surface area contributed by atoms with Crippen LogP contribution in [-0.2, 0) is 0 Å². The molecule has 2 saturated heterocycles. The minimum atomic E-state index is 0.200. The molecule has 3 unspecified atom stereocenters. The first-order chi connectivity index (χ1) is 13.1. The minimum Gasteiger partial charge on any atom is -0.345 e. The standard InChI is InChI=1S/C20H26N6O/c1-13-4-7-24(11-13)20(27)25-8-5-14(2)16(12-25)19-23-10-15-9-22-18-17(26(15)19)3-6-21-18/h3,6,9-10,13-14,16,21H,4-5,7-8,11-12H2,1-2H3. The van der Waals surface area contributed by atoms with Crippen LogP contribution in [0, 0.1) is 11.8 Å². The molecule has 5 heterocycles. The molecule has 0 aliphatic carbocycles. The number of nitrogens with one attached hydrogen (secondary N) is 1. The number of rotatable bonds is 1. The number of piperidine rings is 1. The van der Waals surface area contributed by atoms with Crippen molar-refractivity contribution in [2.45, 2.75) is 32.6 Å². The molecule has 5 rings (SSSR count). The van der Waals surface area contributed by atoms with Crippen molar-refractivity contribution < 1.29 is 4.79 Å². The fourth-order valence-electron chi connectivity index (χ4n) is 4.65. The lowest BCUT2D eigenvalue weighted by Gasteiger charge is -2.38. The van der Waals surface area contributed by atoms with Crippen molar-refractivity contribution >= 4 is 22.7 Å². The second-order valence-electron chi connectivity index (χ2n) is 8.29. The van der Waals surface area contributed by atoms with Crippen molar-refractivity contribution in [3.8, 4) is 0 Å². The van der Waals surface area contributed by atoms with Crippen LogP contribution in [-0.4, -0.2) is 61.4 Å². The van der Waals surface area contributed by atoms with E-state index in [0.29, 0.717) is 11.8 Å². The third-order valence-electron chi connectivity index (χ3n) is 6.34. The van der Waals surface area contributed by atoms with E-state index in [0.717, 1.165) is 61.5 Å². The Morgan fingerprint density at radius 1 is 1.11 bits per heavy atom. The molecule has 142 valence electrons. The molecular weight excluding hydrogens is 340 g/mol. The molecule has 27 heavy (non-hydrogen) atoms. The van der Waals surface area contributed by atoms with Gasteiger partial charge in [-0.2, -0.15) is 0 Å². The highest BCUT2D eigenvalue weighted by atomic mass is 16.2. The number of hydrogen-bond donors (Lipinski definition) is 1. The number of nitrogens with zero attached hydrogens (tertiary/aromatic N) is 5. The number of carbonyl (C=O) groups is 1. The van der Waals surface area contributed by atoms with Gasteiger partial charge in [0.15, 0.2) is 5.65 Å². The van der Waals surface area contributed by atoms with Crippen LogP contribution in [0.1, 0.15) is 38.4 Å². The number of urea groups is 1. The highest BCUT2D eigenvalue weighted by molar-refractivity contribution is 5.76.